The number of hydrogen-bond acceptors (Lipinski definition) is 5. The van der Waals surface area contributed by atoms with E-state index in [1.54, 1.807) is 31.5 Å². The van der Waals surface area contributed by atoms with Gasteiger partial charge in [0.25, 0.3) is 0 Å². The fourth-order valence-electron chi connectivity index (χ4n) is 1.69. The lowest BCUT2D eigenvalue weighted by Gasteiger charge is -2.11. The first-order valence-corrected chi connectivity index (χ1v) is 6.06. The maximum Gasteiger partial charge on any atom is 0.308 e. The van der Waals surface area contributed by atoms with Gasteiger partial charge in [-0.3, -0.25) is 9.78 Å². The third kappa shape index (κ3) is 3.55. The van der Waals surface area contributed by atoms with Crippen LogP contribution in [0.4, 0.5) is 0 Å². The molecule has 0 saturated carbocycles. The molecule has 2 aromatic rings. The number of pyridine rings is 1. The molecular weight excluding hydrogens is 258 g/mol. The van der Waals surface area contributed by atoms with Crippen LogP contribution >= 0.6 is 0 Å². The lowest BCUT2D eigenvalue weighted by molar-refractivity contribution is -0.131. The van der Waals surface area contributed by atoms with Gasteiger partial charge >= 0.3 is 5.97 Å². The van der Waals surface area contributed by atoms with Crippen LogP contribution in [0.15, 0.2) is 42.6 Å². The Labute approximate surface area is 117 Å². The zero-order chi connectivity index (χ0) is 14.4. The van der Waals surface area contributed by atoms with E-state index >= 15 is 0 Å². The van der Waals surface area contributed by atoms with E-state index in [-0.39, 0.29) is 12.8 Å². The van der Waals surface area contributed by atoms with Crippen molar-refractivity contribution in [2.24, 2.45) is 0 Å². The molecule has 0 bridgehead atoms. The van der Waals surface area contributed by atoms with E-state index in [0.29, 0.717) is 22.8 Å². The average molecular weight is 273 g/mol. The number of benzene rings is 1. The Hall–Kier alpha value is -2.40. The van der Waals surface area contributed by atoms with Gasteiger partial charge in [-0.25, -0.2) is 0 Å². The van der Waals surface area contributed by atoms with E-state index in [1.807, 2.05) is 18.2 Å². The highest BCUT2D eigenvalue weighted by atomic mass is 16.7. The first-order chi connectivity index (χ1) is 9.70. The van der Waals surface area contributed by atoms with Crippen molar-refractivity contribution in [3.05, 3.63) is 42.6 Å². The second-order valence-electron chi connectivity index (χ2n) is 4.02. The molecule has 0 radical (unpaired) electrons. The van der Waals surface area contributed by atoms with Gasteiger partial charge in [0.05, 0.1) is 5.69 Å². The highest BCUT2D eigenvalue weighted by molar-refractivity contribution is 5.76. The van der Waals surface area contributed by atoms with Gasteiger partial charge < -0.3 is 14.2 Å². The maximum atomic E-state index is 11.2. The van der Waals surface area contributed by atoms with E-state index in [0.717, 1.165) is 0 Å². The van der Waals surface area contributed by atoms with Crippen molar-refractivity contribution in [1.82, 2.24) is 4.98 Å². The minimum atomic E-state index is -0.382. The normalized spacial score (nSPS) is 10.1. The maximum absolute atomic E-state index is 11.2. The quantitative estimate of drug-likeness (QED) is 0.476. The van der Waals surface area contributed by atoms with Crippen LogP contribution in [-0.2, 0) is 9.53 Å². The van der Waals surface area contributed by atoms with Gasteiger partial charge in [-0.2, -0.15) is 0 Å². The summed E-state index contributed by atoms with van der Waals surface area (Å²) in [5.74, 6) is 0.678. The van der Waals surface area contributed by atoms with Crippen LogP contribution in [0.2, 0.25) is 0 Å². The Morgan fingerprint density at radius 1 is 1.25 bits per heavy atom. The van der Waals surface area contributed by atoms with Crippen molar-refractivity contribution in [1.29, 1.82) is 0 Å². The van der Waals surface area contributed by atoms with Gasteiger partial charge in [0.1, 0.15) is 11.5 Å². The van der Waals surface area contributed by atoms with Crippen molar-refractivity contribution >= 4 is 5.97 Å². The van der Waals surface area contributed by atoms with Gasteiger partial charge in [-0.1, -0.05) is 6.07 Å². The summed E-state index contributed by atoms with van der Waals surface area (Å²) in [5, 5.41) is 0. The summed E-state index contributed by atoms with van der Waals surface area (Å²) >= 11 is 0. The topological polar surface area (TPSA) is 57.7 Å². The summed E-state index contributed by atoms with van der Waals surface area (Å²) in [7, 11) is 1.55. The molecule has 20 heavy (non-hydrogen) atoms. The summed E-state index contributed by atoms with van der Waals surface area (Å²) in [6.07, 6.45) is 1.68. The molecule has 0 aliphatic carbocycles. The molecule has 0 aliphatic heterocycles. The summed E-state index contributed by atoms with van der Waals surface area (Å²) in [6.45, 7) is 1.51. The van der Waals surface area contributed by atoms with Gasteiger partial charge in [0.15, 0.2) is 6.79 Å². The molecular formula is C15H15NO4. The van der Waals surface area contributed by atoms with Crippen LogP contribution in [0.25, 0.3) is 11.3 Å². The molecule has 2 rings (SSSR count). The fraction of sp³-hybridized carbons (Fsp3) is 0.200. The summed E-state index contributed by atoms with van der Waals surface area (Å²) in [5.41, 5.74) is 1.39. The smallest absolute Gasteiger partial charge is 0.308 e. The lowest BCUT2D eigenvalue weighted by Crippen LogP contribution is -2.04. The van der Waals surface area contributed by atoms with Crippen molar-refractivity contribution in [3.8, 4) is 22.8 Å². The number of ether oxygens (including phenoxy) is 3. The van der Waals surface area contributed by atoms with Crippen LogP contribution in [-0.4, -0.2) is 24.9 Å². The number of esters is 1. The Bertz CT molecular complexity index is 584. The molecule has 0 amide bonds. The van der Waals surface area contributed by atoms with E-state index in [4.69, 9.17) is 14.2 Å². The zero-order valence-corrected chi connectivity index (χ0v) is 11.3. The first-order valence-electron chi connectivity index (χ1n) is 6.06. The van der Waals surface area contributed by atoms with E-state index in [1.165, 1.54) is 6.92 Å². The fourth-order valence-corrected chi connectivity index (χ4v) is 1.69. The second kappa shape index (κ2) is 6.68. The number of aromatic nitrogens is 1. The summed E-state index contributed by atoms with van der Waals surface area (Å²) < 4.78 is 15.4. The lowest BCUT2D eigenvalue weighted by atomic mass is 10.1. The highest BCUT2D eigenvalue weighted by Gasteiger charge is 2.11. The van der Waals surface area contributed by atoms with Gasteiger partial charge in [-0.05, 0) is 30.3 Å². The molecule has 1 heterocycles. The van der Waals surface area contributed by atoms with Crippen molar-refractivity contribution in [2.75, 3.05) is 13.9 Å². The Kier molecular flexibility index (Phi) is 4.68. The standard InChI is InChI=1S/C15H15NO4/c1-11(17)20-15-7-6-12(19-10-18-2)9-13(15)14-5-3-4-8-16-14/h3-9H,10H2,1-2H3. The molecule has 5 heteroatoms. The van der Waals surface area contributed by atoms with E-state index < -0.39 is 0 Å². The predicted octanol–water partition coefficient (Wildman–Crippen LogP) is 2.66. The molecule has 104 valence electrons. The number of rotatable bonds is 5. The molecule has 0 unspecified atom stereocenters. The molecule has 1 aromatic carbocycles. The molecule has 0 saturated heterocycles. The van der Waals surface area contributed by atoms with Crippen molar-refractivity contribution in [2.45, 2.75) is 6.92 Å². The average Bonchev–Trinajstić information content (AvgIpc) is 2.46. The SMILES string of the molecule is COCOc1ccc(OC(C)=O)c(-c2ccccn2)c1. The highest BCUT2D eigenvalue weighted by Crippen LogP contribution is 2.32. The molecule has 0 spiro atoms. The van der Waals surface area contributed by atoms with Gasteiger partial charge in [0, 0.05) is 25.8 Å². The van der Waals surface area contributed by atoms with E-state index in [9.17, 15) is 4.79 Å². The van der Waals surface area contributed by atoms with E-state index in [2.05, 4.69) is 4.98 Å². The first kappa shape index (κ1) is 14.0. The summed E-state index contributed by atoms with van der Waals surface area (Å²) in [4.78, 5) is 15.4. The minimum absolute atomic E-state index is 0.147. The second-order valence-corrected chi connectivity index (χ2v) is 4.02. The van der Waals surface area contributed by atoms with Crippen LogP contribution in [0, 0.1) is 0 Å². The molecule has 0 atom stereocenters. The number of hydrogen-bond donors (Lipinski definition) is 0. The number of nitrogens with zero attached hydrogens (tertiary/aromatic N) is 1. The minimum Gasteiger partial charge on any atom is -0.468 e. The number of methoxy groups -OCH3 is 1. The van der Waals surface area contributed by atoms with Gasteiger partial charge in [0.2, 0.25) is 0 Å². The number of carbonyl (C=O) groups is 1. The largest absolute Gasteiger partial charge is 0.468 e. The van der Waals surface area contributed by atoms with Gasteiger partial charge in [-0.15, -0.1) is 0 Å². The van der Waals surface area contributed by atoms with Crippen LogP contribution in [0.5, 0.6) is 11.5 Å². The Balaban J connectivity index is 2.40. The predicted molar refractivity (Wildman–Crippen MR) is 73.5 cm³/mol. The third-order valence-corrected chi connectivity index (χ3v) is 2.49. The molecule has 0 fully saturated rings. The molecule has 0 N–H and O–H groups in total. The van der Waals surface area contributed by atoms with Crippen LogP contribution in [0.1, 0.15) is 6.92 Å². The monoisotopic (exact) mass is 273 g/mol. The summed E-state index contributed by atoms with van der Waals surface area (Å²) in [6, 6.07) is 10.7. The third-order valence-electron chi connectivity index (χ3n) is 2.49. The van der Waals surface area contributed by atoms with Crippen LogP contribution in [0.3, 0.4) is 0 Å². The zero-order valence-electron chi connectivity index (χ0n) is 11.3. The molecule has 5 nitrogen and oxygen atoms in total. The Morgan fingerprint density at radius 3 is 2.75 bits per heavy atom. The Morgan fingerprint density at radius 2 is 2.10 bits per heavy atom. The van der Waals surface area contributed by atoms with Crippen LogP contribution < -0.4 is 9.47 Å². The van der Waals surface area contributed by atoms with Crippen molar-refractivity contribution < 1.29 is 19.0 Å². The molecule has 1 aromatic heterocycles. The number of carbonyl (C=O) groups excluding carboxylic acids is 1. The molecule has 0 aliphatic rings. The van der Waals surface area contributed by atoms with Crippen molar-refractivity contribution in [3.63, 3.8) is 0 Å².